The molecular formula is C9H11NO2. The first-order chi connectivity index (χ1) is 5.54. The molecule has 3 nitrogen and oxygen atoms in total. The van der Waals surface area contributed by atoms with Gasteiger partial charge in [0.05, 0.1) is 5.56 Å². The van der Waals surface area contributed by atoms with Crippen molar-refractivity contribution in [3.63, 3.8) is 0 Å². The normalized spacial score (nSPS) is 9.92. The molecule has 1 rings (SSSR count). The monoisotopic (exact) mass is 165 g/mol. The predicted molar refractivity (Wildman–Crippen MR) is 46.4 cm³/mol. The minimum atomic E-state index is -0.220. The van der Waals surface area contributed by atoms with E-state index in [0.717, 1.165) is 5.56 Å². The largest absolute Gasteiger partial charge is 0.318 e. The first kappa shape index (κ1) is 8.71. The molecule has 0 aliphatic heterocycles. The molecular weight excluding hydrogens is 154 g/mol. The van der Waals surface area contributed by atoms with E-state index in [4.69, 9.17) is 0 Å². The van der Waals surface area contributed by atoms with Crippen LogP contribution in [0.3, 0.4) is 0 Å². The van der Waals surface area contributed by atoms with Gasteiger partial charge in [0.15, 0.2) is 5.78 Å². The number of carbonyl (C=O) groups excluding carboxylic acids is 1. The highest BCUT2D eigenvalue weighted by atomic mass is 16.1. The first-order valence-corrected chi connectivity index (χ1v) is 3.71. The average Bonchev–Trinajstić information content (AvgIpc) is 1.97. The van der Waals surface area contributed by atoms with Crippen molar-refractivity contribution in [2.75, 3.05) is 0 Å². The predicted octanol–water partition coefficient (Wildman–Crippen LogP) is 0.896. The van der Waals surface area contributed by atoms with Gasteiger partial charge in [-0.3, -0.25) is 9.59 Å². The van der Waals surface area contributed by atoms with Crippen molar-refractivity contribution >= 4 is 5.78 Å². The van der Waals surface area contributed by atoms with Gasteiger partial charge in [-0.2, -0.15) is 0 Å². The number of hydrogen-bond acceptors (Lipinski definition) is 2. The third-order valence-electron chi connectivity index (χ3n) is 1.83. The topological polar surface area (TPSA) is 39.1 Å². The van der Waals surface area contributed by atoms with E-state index in [1.54, 1.807) is 26.2 Å². The molecule has 0 amide bonds. The van der Waals surface area contributed by atoms with Crippen LogP contribution in [-0.4, -0.2) is 10.4 Å². The zero-order valence-electron chi connectivity index (χ0n) is 7.42. The minimum absolute atomic E-state index is 0.172. The Bertz CT molecular complexity index is 377. The van der Waals surface area contributed by atoms with Crippen LogP contribution < -0.4 is 5.56 Å². The number of nitrogens with zero attached hydrogens (tertiary/aromatic N) is 1. The summed E-state index contributed by atoms with van der Waals surface area (Å²) in [7, 11) is 1.63. The molecule has 12 heavy (non-hydrogen) atoms. The second-order valence-corrected chi connectivity index (χ2v) is 2.85. The maximum absolute atomic E-state index is 11.4. The number of aryl methyl sites for hydroxylation is 2. The standard InChI is InChI=1S/C9H11NO2/c1-6-4-5-10(3)9(12)8(6)7(2)11/h4-5H,1-3H3. The summed E-state index contributed by atoms with van der Waals surface area (Å²) >= 11 is 0. The summed E-state index contributed by atoms with van der Waals surface area (Å²) in [4.78, 5) is 22.4. The Morgan fingerprint density at radius 1 is 1.50 bits per heavy atom. The molecule has 0 spiro atoms. The lowest BCUT2D eigenvalue weighted by molar-refractivity contribution is 0.101. The SMILES string of the molecule is CC(=O)c1c(C)ccn(C)c1=O. The summed E-state index contributed by atoms with van der Waals surface area (Å²) in [5.41, 5.74) is 0.813. The first-order valence-electron chi connectivity index (χ1n) is 3.71. The maximum atomic E-state index is 11.4. The molecule has 0 aliphatic rings. The molecule has 0 saturated carbocycles. The molecule has 1 aromatic heterocycles. The molecule has 1 heterocycles. The molecule has 64 valence electrons. The van der Waals surface area contributed by atoms with Crippen molar-refractivity contribution in [1.82, 2.24) is 4.57 Å². The summed E-state index contributed by atoms with van der Waals surface area (Å²) in [6.07, 6.45) is 1.66. The molecule has 0 aromatic carbocycles. The van der Waals surface area contributed by atoms with Gasteiger partial charge in [0.25, 0.3) is 5.56 Å². The van der Waals surface area contributed by atoms with Crippen molar-refractivity contribution < 1.29 is 4.79 Å². The lowest BCUT2D eigenvalue weighted by atomic mass is 10.1. The second-order valence-electron chi connectivity index (χ2n) is 2.85. The van der Waals surface area contributed by atoms with E-state index in [0.29, 0.717) is 5.56 Å². The Kier molecular flexibility index (Phi) is 2.13. The molecule has 3 heteroatoms. The van der Waals surface area contributed by atoms with E-state index in [-0.39, 0.29) is 11.3 Å². The Morgan fingerprint density at radius 2 is 2.08 bits per heavy atom. The van der Waals surface area contributed by atoms with Crippen LogP contribution in [0.15, 0.2) is 17.1 Å². The van der Waals surface area contributed by atoms with Gasteiger partial charge in [-0.1, -0.05) is 0 Å². The third kappa shape index (κ3) is 1.30. The minimum Gasteiger partial charge on any atom is -0.318 e. The fraction of sp³-hybridized carbons (Fsp3) is 0.333. The highest BCUT2D eigenvalue weighted by Gasteiger charge is 2.09. The quantitative estimate of drug-likeness (QED) is 0.580. The Hall–Kier alpha value is -1.38. The summed E-state index contributed by atoms with van der Waals surface area (Å²) in [6, 6.07) is 1.76. The highest BCUT2D eigenvalue weighted by Crippen LogP contribution is 2.01. The van der Waals surface area contributed by atoms with Gasteiger partial charge in [-0.05, 0) is 25.5 Å². The van der Waals surface area contributed by atoms with Crippen LogP contribution >= 0.6 is 0 Å². The summed E-state index contributed by atoms with van der Waals surface area (Å²) in [5, 5.41) is 0. The fourth-order valence-corrected chi connectivity index (χ4v) is 1.15. The molecule has 0 fully saturated rings. The summed E-state index contributed by atoms with van der Waals surface area (Å²) in [5.74, 6) is -0.172. The summed E-state index contributed by atoms with van der Waals surface area (Å²) < 4.78 is 1.41. The van der Waals surface area contributed by atoms with Gasteiger partial charge in [-0.15, -0.1) is 0 Å². The van der Waals surface area contributed by atoms with Gasteiger partial charge in [0.2, 0.25) is 0 Å². The molecule has 1 aromatic rings. The van der Waals surface area contributed by atoms with Crippen LogP contribution in [0, 0.1) is 6.92 Å². The van der Waals surface area contributed by atoms with E-state index in [9.17, 15) is 9.59 Å². The van der Waals surface area contributed by atoms with E-state index in [2.05, 4.69) is 0 Å². The lowest BCUT2D eigenvalue weighted by Crippen LogP contribution is -2.23. The van der Waals surface area contributed by atoms with Crippen LogP contribution in [0.5, 0.6) is 0 Å². The van der Waals surface area contributed by atoms with Gasteiger partial charge in [0.1, 0.15) is 0 Å². The number of Topliss-reactive ketones (excluding diaryl/α,β-unsaturated/α-hetero) is 1. The summed E-state index contributed by atoms with van der Waals surface area (Å²) in [6.45, 7) is 3.17. The number of hydrogen-bond donors (Lipinski definition) is 0. The van der Waals surface area contributed by atoms with E-state index in [1.165, 1.54) is 11.5 Å². The van der Waals surface area contributed by atoms with Gasteiger partial charge >= 0.3 is 0 Å². The van der Waals surface area contributed by atoms with Crippen LogP contribution in [0.2, 0.25) is 0 Å². The molecule has 0 N–H and O–H groups in total. The third-order valence-corrected chi connectivity index (χ3v) is 1.83. The van der Waals surface area contributed by atoms with E-state index in [1.807, 2.05) is 0 Å². The van der Waals surface area contributed by atoms with Crippen molar-refractivity contribution in [2.24, 2.45) is 7.05 Å². The van der Waals surface area contributed by atoms with E-state index >= 15 is 0 Å². The second kappa shape index (κ2) is 2.93. The van der Waals surface area contributed by atoms with Crippen molar-refractivity contribution in [3.05, 3.63) is 33.7 Å². The zero-order valence-corrected chi connectivity index (χ0v) is 7.42. The maximum Gasteiger partial charge on any atom is 0.261 e. The van der Waals surface area contributed by atoms with Gasteiger partial charge in [-0.25, -0.2) is 0 Å². The Labute approximate surface area is 70.6 Å². The molecule has 0 unspecified atom stereocenters. The molecule has 0 aliphatic carbocycles. The molecule has 0 atom stereocenters. The van der Waals surface area contributed by atoms with Crippen molar-refractivity contribution in [2.45, 2.75) is 13.8 Å². The van der Waals surface area contributed by atoms with Crippen LogP contribution in [-0.2, 0) is 7.05 Å². The molecule has 0 saturated heterocycles. The van der Waals surface area contributed by atoms with Crippen LogP contribution in [0.25, 0.3) is 0 Å². The highest BCUT2D eigenvalue weighted by molar-refractivity contribution is 5.95. The Morgan fingerprint density at radius 3 is 2.50 bits per heavy atom. The van der Waals surface area contributed by atoms with Crippen LogP contribution in [0.1, 0.15) is 22.8 Å². The average molecular weight is 165 g/mol. The number of rotatable bonds is 1. The van der Waals surface area contributed by atoms with Crippen molar-refractivity contribution in [1.29, 1.82) is 0 Å². The smallest absolute Gasteiger partial charge is 0.261 e. The molecule has 0 radical (unpaired) electrons. The van der Waals surface area contributed by atoms with Crippen molar-refractivity contribution in [3.8, 4) is 0 Å². The zero-order chi connectivity index (χ0) is 9.30. The van der Waals surface area contributed by atoms with Crippen LogP contribution in [0.4, 0.5) is 0 Å². The number of pyridine rings is 1. The van der Waals surface area contributed by atoms with Gasteiger partial charge < -0.3 is 4.57 Å². The number of carbonyl (C=O) groups is 1. The fourth-order valence-electron chi connectivity index (χ4n) is 1.15. The lowest BCUT2D eigenvalue weighted by Gasteiger charge is -2.02. The van der Waals surface area contributed by atoms with E-state index < -0.39 is 0 Å². The molecule has 0 bridgehead atoms. The Balaban J connectivity index is 3.55. The number of aromatic nitrogens is 1. The van der Waals surface area contributed by atoms with Gasteiger partial charge in [0, 0.05) is 13.2 Å². The number of ketones is 1.